The molecule has 0 amide bonds. The summed E-state index contributed by atoms with van der Waals surface area (Å²) in [6.45, 7) is 1.91. The van der Waals surface area contributed by atoms with Gasteiger partial charge in [-0.3, -0.25) is 0 Å². The molecule has 0 saturated carbocycles. The van der Waals surface area contributed by atoms with Crippen molar-refractivity contribution in [1.82, 2.24) is 0 Å². The summed E-state index contributed by atoms with van der Waals surface area (Å²) in [5, 5.41) is 10.4. The molecule has 0 aliphatic carbocycles. The molecule has 0 fully saturated rings. The Kier molecular flexibility index (Phi) is 4.22. The van der Waals surface area contributed by atoms with Crippen molar-refractivity contribution < 1.29 is 14.2 Å². The second kappa shape index (κ2) is 5.72. The average Bonchev–Trinajstić information content (AvgIpc) is 2.38. The molecule has 0 spiro atoms. The number of aliphatic hydroxyl groups is 1. The van der Waals surface area contributed by atoms with Crippen molar-refractivity contribution in [2.45, 2.75) is 13.0 Å². The van der Waals surface area contributed by atoms with Crippen LogP contribution in [0.1, 0.15) is 22.8 Å². The van der Waals surface area contributed by atoms with Gasteiger partial charge >= 0.3 is 0 Å². The lowest BCUT2D eigenvalue weighted by molar-refractivity contribution is 0.208. The minimum atomic E-state index is -1.08. The second-order valence-electron chi connectivity index (χ2n) is 4.28. The average molecular weight is 325 g/mol. The molecule has 0 bridgehead atoms. The Labute approximate surface area is 120 Å². The maximum Gasteiger partial charge on any atom is 0.130 e. The molecule has 4 heteroatoms. The van der Waals surface area contributed by atoms with Gasteiger partial charge in [0.25, 0.3) is 0 Å². The van der Waals surface area contributed by atoms with Crippen molar-refractivity contribution in [1.29, 1.82) is 0 Å². The van der Waals surface area contributed by atoms with E-state index in [2.05, 4.69) is 15.9 Å². The number of hydrogen-bond acceptors (Lipinski definition) is 2. The van der Waals surface area contributed by atoms with E-state index < -0.39 is 11.9 Å². The zero-order valence-corrected chi connectivity index (χ0v) is 12.2. The van der Waals surface area contributed by atoms with Crippen LogP contribution in [0.15, 0.2) is 40.9 Å². The first-order valence-electron chi connectivity index (χ1n) is 5.81. The maximum atomic E-state index is 13.9. The maximum absolute atomic E-state index is 13.9. The smallest absolute Gasteiger partial charge is 0.130 e. The number of methoxy groups -OCH3 is 1. The van der Waals surface area contributed by atoms with Gasteiger partial charge in [0.1, 0.15) is 17.7 Å². The fourth-order valence-electron chi connectivity index (χ4n) is 1.99. The molecule has 2 aromatic carbocycles. The standard InChI is InChI=1S/C15H14BrFO2/c1-9-6-7-13(19-2)10(8-9)15(18)14-11(16)4-3-5-12(14)17/h3-8,15,18H,1-2H3. The number of rotatable bonds is 3. The van der Waals surface area contributed by atoms with Crippen molar-refractivity contribution in [2.24, 2.45) is 0 Å². The van der Waals surface area contributed by atoms with E-state index >= 15 is 0 Å². The normalized spacial score (nSPS) is 12.3. The van der Waals surface area contributed by atoms with Gasteiger partial charge in [0.15, 0.2) is 0 Å². The van der Waals surface area contributed by atoms with Gasteiger partial charge in [-0.2, -0.15) is 0 Å². The summed E-state index contributed by atoms with van der Waals surface area (Å²) in [6.07, 6.45) is -1.08. The second-order valence-corrected chi connectivity index (χ2v) is 5.14. The lowest BCUT2D eigenvalue weighted by Gasteiger charge is -2.17. The molecule has 100 valence electrons. The first kappa shape index (κ1) is 14.0. The Morgan fingerprint density at radius 1 is 1.26 bits per heavy atom. The van der Waals surface area contributed by atoms with Gasteiger partial charge in [-0.15, -0.1) is 0 Å². The van der Waals surface area contributed by atoms with Crippen molar-refractivity contribution in [3.05, 3.63) is 63.4 Å². The molecule has 19 heavy (non-hydrogen) atoms. The number of aliphatic hydroxyl groups excluding tert-OH is 1. The Hall–Kier alpha value is -1.39. The van der Waals surface area contributed by atoms with Gasteiger partial charge in [-0.1, -0.05) is 33.6 Å². The van der Waals surface area contributed by atoms with Crippen LogP contribution in [-0.4, -0.2) is 12.2 Å². The Balaban J connectivity index is 2.55. The lowest BCUT2D eigenvalue weighted by Crippen LogP contribution is -2.06. The van der Waals surface area contributed by atoms with Crippen LogP contribution in [0.4, 0.5) is 4.39 Å². The van der Waals surface area contributed by atoms with E-state index in [1.54, 1.807) is 24.3 Å². The molecule has 0 aromatic heterocycles. The topological polar surface area (TPSA) is 29.5 Å². The van der Waals surface area contributed by atoms with Gasteiger partial charge < -0.3 is 9.84 Å². The molecular formula is C15H14BrFO2. The third-order valence-electron chi connectivity index (χ3n) is 2.95. The Morgan fingerprint density at radius 2 is 2.00 bits per heavy atom. The molecule has 0 aliphatic heterocycles. The van der Waals surface area contributed by atoms with Crippen LogP contribution >= 0.6 is 15.9 Å². The highest BCUT2D eigenvalue weighted by molar-refractivity contribution is 9.10. The first-order valence-corrected chi connectivity index (χ1v) is 6.60. The van der Waals surface area contributed by atoms with E-state index in [1.165, 1.54) is 13.2 Å². The molecule has 1 N–H and O–H groups in total. The molecule has 0 radical (unpaired) electrons. The van der Waals surface area contributed by atoms with Crippen molar-refractivity contribution in [2.75, 3.05) is 7.11 Å². The molecule has 2 aromatic rings. The monoisotopic (exact) mass is 324 g/mol. The molecule has 0 aliphatic rings. The molecule has 0 saturated heterocycles. The predicted molar refractivity (Wildman–Crippen MR) is 75.9 cm³/mol. The van der Waals surface area contributed by atoms with Gasteiger partial charge in [0, 0.05) is 15.6 Å². The zero-order valence-electron chi connectivity index (χ0n) is 10.7. The lowest BCUT2D eigenvalue weighted by atomic mass is 9.98. The number of ether oxygens (including phenoxy) is 1. The molecule has 2 rings (SSSR count). The van der Waals surface area contributed by atoms with E-state index in [0.717, 1.165) is 5.56 Å². The summed E-state index contributed by atoms with van der Waals surface area (Å²) < 4.78 is 19.6. The van der Waals surface area contributed by atoms with Crippen LogP contribution < -0.4 is 4.74 Å². The van der Waals surface area contributed by atoms with Crippen LogP contribution in [0, 0.1) is 12.7 Å². The van der Waals surface area contributed by atoms with Crippen molar-refractivity contribution >= 4 is 15.9 Å². The number of benzene rings is 2. The van der Waals surface area contributed by atoms with Gasteiger partial charge in [-0.05, 0) is 31.2 Å². The fraction of sp³-hybridized carbons (Fsp3) is 0.200. The molecular weight excluding hydrogens is 311 g/mol. The SMILES string of the molecule is COc1ccc(C)cc1C(O)c1c(F)cccc1Br. The summed E-state index contributed by atoms with van der Waals surface area (Å²) in [7, 11) is 1.53. The molecule has 0 heterocycles. The Bertz CT molecular complexity index is 578. The fourth-order valence-corrected chi connectivity index (χ4v) is 2.55. The Morgan fingerprint density at radius 3 is 2.63 bits per heavy atom. The number of hydrogen-bond donors (Lipinski definition) is 1. The highest BCUT2D eigenvalue weighted by atomic mass is 79.9. The van der Waals surface area contributed by atoms with Gasteiger partial charge in [-0.25, -0.2) is 4.39 Å². The first-order chi connectivity index (χ1) is 9.04. The van der Waals surface area contributed by atoms with Crippen molar-refractivity contribution in [3.8, 4) is 5.75 Å². The van der Waals surface area contributed by atoms with Gasteiger partial charge in [0.2, 0.25) is 0 Å². The minimum Gasteiger partial charge on any atom is -0.496 e. The van der Waals surface area contributed by atoms with Crippen LogP contribution in [0.3, 0.4) is 0 Å². The van der Waals surface area contributed by atoms with E-state index in [9.17, 15) is 9.50 Å². The van der Waals surface area contributed by atoms with E-state index in [0.29, 0.717) is 15.8 Å². The highest BCUT2D eigenvalue weighted by Gasteiger charge is 2.21. The molecule has 2 nitrogen and oxygen atoms in total. The quantitative estimate of drug-likeness (QED) is 0.925. The summed E-state index contributed by atoms with van der Waals surface area (Å²) in [6, 6.07) is 10.1. The minimum absolute atomic E-state index is 0.214. The summed E-state index contributed by atoms with van der Waals surface area (Å²) >= 11 is 3.27. The summed E-state index contributed by atoms with van der Waals surface area (Å²) in [5.41, 5.74) is 1.74. The van der Waals surface area contributed by atoms with Crippen LogP contribution in [-0.2, 0) is 0 Å². The number of aryl methyl sites for hydroxylation is 1. The van der Waals surface area contributed by atoms with Crippen LogP contribution in [0.5, 0.6) is 5.75 Å². The van der Waals surface area contributed by atoms with E-state index in [-0.39, 0.29) is 5.56 Å². The van der Waals surface area contributed by atoms with E-state index in [1.807, 2.05) is 13.0 Å². The highest BCUT2D eigenvalue weighted by Crippen LogP contribution is 2.35. The predicted octanol–water partition coefficient (Wildman–Crippen LogP) is 3.99. The largest absolute Gasteiger partial charge is 0.496 e. The van der Waals surface area contributed by atoms with Crippen molar-refractivity contribution in [3.63, 3.8) is 0 Å². The summed E-state index contributed by atoms with van der Waals surface area (Å²) in [4.78, 5) is 0. The molecule has 1 atom stereocenters. The van der Waals surface area contributed by atoms with Crippen LogP contribution in [0.2, 0.25) is 0 Å². The molecule has 1 unspecified atom stereocenters. The van der Waals surface area contributed by atoms with Gasteiger partial charge in [0.05, 0.1) is 7.11 Å². The summed E-state index contributed by atoms with van der Waals surface area (Å²) in [5.74, 6) is 0.0821. The zero-order chi connectivity index (χ0) is 14.0. The third kappa shape index (κ3) is 2.80. The third-order valence-corrected chi connectivity index (χ3v) is 3.64. The number of halogens is 2. The van der Waals surface area contributed by atoms with Crippen LogP contribution in [0.25, 0.3) is 0 Å². The van der Waals surface area contributed by atoms with E-state index in [4.69, 9.17) is 4.74 Å².